The van der Waals surface area contributed by atoms with Gasteiger partial charge in [-0.05, 0) is 93.4 Å². The highest BCUT2D eigenvalue weighted by molar-refractivity contribution is 9.10. The van der Waals surface area contributed by atoms with Crippen LogP contribution in [0.15, 0.2) is 22.1 Å². The number of nitrogens with one attached hydrogen (secondary N) is 1. The van der Waals surface area contributed by atoms with Crippen molar-refractivity contribution >= 4 is 62.4 Å². The molecule has 10 nitrogen and oxygen atoms in total. The predicted molar refractivity (Wildman–Crippen MR) is 153 cm³/mol. The SMILES string of the molecule is CC(C)(C)OC(=O)N[C@H]1CCCO[C@@H]1c1c(F)c2c(N(Cc3cccs3)C(=O)OC(C)(C)C)nc(Cl)nn2c1Br. The van der Waals surface area contributed by atoms with Crippen LogP contribution in [0.4, 0.5) is 19.8 Å². The highest BCUT2D eigenvalue weighted by Gasteiger charge is 2.38. The summed E-state index contributed by atoms with van der Waals surface area (Å²) in [6.45, 7) is 10.9. The molecule has 0 spiro atoms. The van der Waals surface area contributed by atoms with E-state index in [-0.39, 0.29) is 33.3 Å². The first-order chi connectivity index (χ1) is 18.6. The number of aromatic nitrogens is 3. The molecule has 40 heavy (non-hydrogen) atoms. The minimum atomic E-state index is -0.878. The quantitative estimate of drug-likeness (QED) is 0.313. The van der Waals surface area contributed by atoms with Crippen LogP contribution in [0.2, 0.25) is 5.28 Å². The zero-order chi connectivity index (χ0) is 29.4. The van der Waals surface area contributed by atoms with Gasteiger partial charge in [0.1, 0.15) is 27.4 Å². The van der Waals surface area contributed by atoms with E-state index in [1.54, 1.807) is 41.5 Å². The molecule has 0 aliphatic carbocycles. The van der Waals surface area contributed by atoms with E-state index in [2.05, 4.69) is 31.3 Å². The van der Waals surface area contributed by atoms with Gasteiger partial charge in [0.2, 0.25) is 5.28 Å². The number of hydrogen-bond acceptors (Lipinski definition) is 8. The largest absolute Gasteiger partial charge is 0.444 e. The van der Waals surface area contributed by atoms with Gasteiger partial charge >= 0.3 is 12.2 Å². The molecular formula is C26H32BrClFN5O5S. The molecule has 1 N–H and O–H groups in total. The third-order valence-corrected chi connectivity index (χ3v) is 7.51. The number of nitrogens with zero attached hydrogens (tertiary/aromatic N) is 4. The molecule has 1 aliphatic rings. The summed E-state index contributed by atoms with van der Waals surface area (Å²) in [5.41, 5.74) is -1.51. The number of alkyl carbamates (subject to hydrolysis) is 1. The Balaban J connectivity index is 1.81. The Bertz CT molecular complexity index is 1390. The lowest BCUT2D eigenvalue weighted by atomic mass is 9.97. The normalized spacial score (nSPS) is 18.0. The summed E-state index contributed by atoms with van der Waals surface area (Å²) in [6.07, 6.45) is -1.05. The van der Waals surface area contributed by atoms with Crippen LogP contribution in [-0.2, 0) is 20.8 Å². The summed E-state index contributed by atoms with van der Waals surface area (Å²) in [5, 5.41) is 8.68. The Labute approximate surface area is 249 Å². The molecule has 218 valence electrons. The average molecular weight is 661 g/mol. The fourth-order valence-electron chi connectivity index (χ4n) is 4.26. The number of thiophene rings is 1. The van der Waals surface area contributed by atoms with Crippen LogP contribution < -0.4 is 10.2 Å². The molecule has 1 saturated heterocycles. The minimum Gasteiger partial charge on any atom is -0.444 e. The Kier molecular flexibility index (Phi) is 8.98. The van der Waals surface area contributed by atoms with Crippen molar-refractivity contribution in [2.24, 2.45) is 0 Å². The topological polar surface area (TPSA) is 107 Å². The first kappa shape index (κ1) is 30.5. The van der Waals surface area contributed by atoms with Crippen molar-refractivity contribution < 1.29 is 28.2 Å². The van der Waals surface area contributed by atoms with Gasteiger partial charge in [-0.25, -0.2) is 18.5 Å². The third kappa shape index (κ3) is 7.04. The van der Waals surface area contributed by atoms with Gasteiger partial charge in [0.15, 0.2) is 11.6 Å². The van der Waals surface area contributed by atoms with E-state index < -0.39 is 41.4 Å². The average Bonchev–Trinajstić information content (AvgIpc) is 3.41. The van der Waals surface area contributed by atoms with Crippen molar-refractivity contribution in [1.82, 2.24) is 19.9 Å². The number of fused-ring (bicyclic) bond motifs is 1. The summed E-state index contributed by atoms with van der Waals surface area (Å²) in [5.74, 6) is -0.791. The van der Waals surface area contributed by atoms with Gasteiger partial charge in [0.05, 0.1) is 18.2 Å². The van der Waals surface area contributed by atoms with Crippen molar-refractivity contribution in [3.8, 4) is 0 Å². The van der Waals surface area contributed by atoms with E-state index in [9.17, 15) is 9.59 Å². The Hall–Kier alpha value is -2.48. The number of amides is 2. The molecule has 2 atom stereocenters. The molecule has 1 aliphatic heterocycles. The van der Waals surface area contributed by atoms with Crippen LogP contribution in [-0.4, -0.2) is 50.6 Å². The van der Waals surface area contributed by atoms with E-state index in [1.165, 1.54) is 20.8 Å². The number of rotatable bonds is 5. The van der Waals surface area contributed by atoms with E-state index in [4.69, 9.17) is 25.8 Å². The molecule has 14 heteroatoms. The maximum Gasteiger partial charge on any atom is 0.416 e. The van der Waals surface area contributed by atoms with Gasteiger partial charge in [-0.15, -0.1) is 16.4 Å². The third-order valence-electron chi connectivity index (χ3n) is 5.73. The fourth-order valence-corrected chi connectivity index (χ4v) is 5.76. The molecular weight excluding hydrogens is 629 g/mol. The molecule has 3 aromatic rings. The van der Waals surface area contributed by atoms with Crippen molar-refractivity contribution in [3.63, 3.8) is 0 Å². The molecule has 2 amide bonds. The van der Waals surface area contributed by atoms with Crippen molar-refractivity contribution in [2.45, 2.75) is 84.3 Å². The summed E-state index contributed by atoms with van der Waals surface area (Å²) < 4.78 is 35.0. The van der Waals surface area contributed by atoms with Crippen LogP contribution in [0.25, 0.3) is 5.52 Å². The van der Waals surface area contributed by atoms with Gasteiger partial charge in [-0.1, -0.05) is 6.07 Å². The summed E-state index contributed by atoms with van der Waals surface area (Å²) in [7, 11) is 0. The number of anilines is 1. The van der Waals surface area contributed by atoms with Gasteiger partial charge in [-0.3, -0.25) is 4.90 Å². The molecule has 0 unspecified atom stereocenters. The lowest BCUT2D eigenvalue weighted by Crippen LogP contribution is -2.45. The van der Waals surface area contributed by atoms with Gasteiger partial charge in [-0.2, -0.15) is 4.98 Å². The maximum absolute atomic E-state index is 16.5. The van der Waals surface area contributed by atoms with Gasteiger partial charge < -0.3 is 19.5 Å². The van der Waals surface area contributed by atoms with Crippen molar-refractivity contribution in [3.05, 3.63) is 43.7 Å². The lowest BCUT2D eigenvalue weighted by Gasteiger charge is -2.33. The molecule has 4 rings (SSSR count). The Morgan fingerprint density at radius 1 is 1.27 bits per heavy atom. The summed E-state index contributed by atoms with van der Waals surface area (Å²) in [6, 6.07) is 3.10. The van der Waals surface area contributed by atoms with Crippen molar-refractivity contribution in [2.75, 3.05) is 11.5 Å². The van der Waals surface area contributed by atoms with E-state index in [1.807, 2.05) is 17.5 Å². The Morgan fingerprint density at radius 3 is 2.60 bits per heavy atom. The van der Waals surface area contributed by atoms with Crippen LogP contribution in [0.5, 0.6) is 0 Å². The second-order valence-electron chi connectivity index (χ2n) is 11.3. The molecule has 0 radical (unpaired) electrons. The second kappa shape index (κ2) is 11.8. The van der Waals surface area contributed by atoms with Crippen LogP contribution >= 0.6 is 38.9 Å². The number of carbonyl (C=O) groups excluding carboxylic acids is 2. The monoisotopic (exact) mass is 659 g/mol. The van der Waals surface area contributed by atoms with E-state index >= 15 is 4.39 Å². The first-order valence-electron chi connectivity index (χ1n) is 12.7. The minimum absolute atomic E-state index is 0.0654. The highest BCUT2D eigenvalue weighted by atomic mass is 79.9. The van der Waals surface area contributed by atoms with Crippen LogP contribution in [0, 0.1) is 5.82 Å². The number of halogens is 3. The van der Waals surface area contributed by atoms with Crippen molar-refractivity contribution in [1.29, 1.82) is 0 Å². The van der Waals surface area contributed by atoms with Gasteiger partial charge in [0, 0.05) is 11.5 Å². The summed E-state index contributed by atoms with van der Waals surface area (Å²) >= 11 is 11.2. The van der Waals surface area contributed by atoms with E-state index in [0.717, 1.165) is 4.88 Å². The molecule has 4 heterocycles. The standard InChI is InChI=1S/C26H32BrClFN5O5S/c1-25(2,3)38-23(35)30-15-10-7-11-37-19(15)16-17(29)18-21(31-22(28)32-34(18)20(16)27)33(13-14-9-8-12-40-14)24(36)39-26(4,5)6/h8-9,12,15,19H,7,10-11,13H2,1-6H3,(H,30,35)/t15-,19-/m0/s1. The first-order valence-corrected chi connectivity index (χ1v) is 14.8. The molecule has 0 bridgehead atoms. The summed E-state index contributed by atoms with van der Waals surface area (Å²) in [4.78, 5) is 32.3. The molecule has 0 saturated carbocycles. The lowest BCUT2D eigenvalue weighted by molar-refractivity contribution is -0.0182. The second-order valence-corrected chi connectivity index (χ2v) is 13.4. The smallest absolute Gasteiger partial charge is 0.416 e. The van der Waals surface area contributed by atoms with Crippen LogP contribution in [0.3, 0.4) is 0 Å². The molecule has 1 fully saturated rings. The number of hydrogen-bond donors (Lipinski definition) is 1. The van der Waals surface area contributed by atoms with Crippen LogP contribution in [0.1, 0.15) is 70.9 Å². The highest BCUT2D eigenvalue weighted by Crippen LogP contribution is 2.41. The fraction of sp³-hybridized carbons (Fsp3) is 0.538. The molecule has 0 aromatic carbocycles. The predicted octanol–water partition coefficient (Wildman–Crippen LogP) is 7.03. The Morgan fingerprint density at radius 2 is 1.98 bits per heavy atom. The maximum atomic E-state index is 16.5. The number of ether oxygens (including phenoxy) is 3. The molecule has 3 aromatic heterocycles. The zero-order valence-electron chi connectivity index (χ0n) is 23.1. The van der Waals surface area contributed by atoms with Gasteiger partial charge in [0.25, 0.3) is 0 Å². The van der Waals surface area contributed by atoms with E-state index in [0.29, 0.717) is 19.4 Å². The zero-order valence-corrected chi connectivity index (χ0v) is 26.2. The number of carbonyl (C=O) groups is 2.